The molecule has 0 aliphatic carbocycles. The van der Waals surface area contributed by atoms with Crippen LogP contribution in [-0.4, -0.2) is 45.8 Å². The van der Waals surface area contributed by atoms with Gasteiger partial charge in [-0.25, -0.2) is 0 Å². The average molecular weight is 246 g/mol. The van der Waals surface area contributed by atoms with Crippen molar-refractivity contribution in [1.82, 2.24) is 0 Å². The zero-order valence-electron chi connectivity index (χ0n) is 11.3. The second-order valence-corrected chi connectivity index (χ2v) is 6.19. The van der Waals surface area contributed by atoms with Crippen LogP contribution in [0.25, 0.3) is 0 Å². The number of aliphatic hydroxyl groups is 3. The van der Waals surface area contributed by atoms with E-state index in [1.54, 1.807) is 0 Å². The average Bonchev–Trinajstić information content (AvgIpc) is 2.24. The van der Waals surface area contributed by atoms with Crippen molar-refractivity contribution < 1.29 is 20.1 Å². The van der Waals surface area contributed by atoms with Crippen LogP contribution in [0.5, 0.6) is 0 Å². The fourth-order valence-electron chi connectivity index (χ4n) is 2.18. The second kappa shape index (κ2) is 5.65. The van der Waals surface area contributed by atoms with E-state index in [9.17, 15) is 15.3 Å². The SMILES string of the molecule is CC[C@H]1OC(CCC(C)(C)C)[C@H](O)[C@@H](O)[C@@H]1O. The molecule has 0 spiro atoms. The minimum Gasteiger partial charge on any atom is -0.388 e. The van der Waals surface area contributed by atoms with E-state index in [4.69, 9.17) is 4.74 Å². The van der Waals surface area contributed by atoms with Gasteiger partial charge in [-0.3, -0.25) is 0 Å². The van der Waals surface area contributed by atoms with Gasteiger partial charge in [-0.2, -0.15) is 0 Å². The third-order valence-corrected chi connectivity index (χ3v) is 3.39. The summed E-state index contributed by atoms with van der Waals surface area (Å²) in [5.74, 6) is 0. The Bertz CT molecular complexity index is 234. The molecule has 5 atom stereocenters. The summed E-state index contributed by atoms with van der Waals surface area (Å²) in [4.78, 5) is 0. The molecule has 0 aromatic rings. The van der Waals surface area contributed by atoms with Crippen LogP contribution in [0.3, 0.4) is 0 Å². The van der Waals surface area contributed by atoms with E-state index in [-0.39, 0.29) is 17.6 Å². The molecule has 4 heteroatoms. The third kappa shape index (κ3) is 3.91. The fraction of sp³-hybridized carbons (Fsp3) is 1.00. The van der Waals surface area contributed by atoms with Crippen LogP contribution < -0.4 is 0 Å². The van der Waals surface area contributed by atoms with Gasteiger partial charge in [-0.15, -0.1) is 0 Å². The molecule has 3 N–H and O–H groups in total. The maximum atomic E-state index is 9.88. The molecule has 0 amide bonds. The van der Waals surface area contributed by atoms with E-state index in [0.29, 0.717) is 12.8 Å². The molecule has 0 bridgehead atoms. The summed E-state index contributed by atoms with van der Waals surface area (Å²) in [6.45, 7) is 8.29. The first kappa shape index (κ1) is 14.9. The summed E-state index contributed by atoms with van der Waals surface area (Å²) in [5, 5.41) is 29.4. The first-order valence-corrected chi connectivity index (χ1v) is 6.46. The first-order valence-electron chi connectivity index (χ1n) is 6.46. The van der Waals surface area contributed by atoms with Gasteiger partial charge in [-0.05, 0) is 24.7 Å². The highest BCUT2D eigenvalue weighted by Crippen LogP contribution is 2.29. The molecular formula is C13H26O4. The molecule has 0 aromatic carbocycles. The monoisotopic (exact) mass is 246 g/mol. The van der Waals surface area contributed by atoms with Crippen LogP contribution in [0.4, 0.5) is 0 Å². The van der Waals surface area contributed by atoms with Crippen molar-refractivity contribution in [2.45, 2.75) is 77.5 Å². The Labute approximate surface area is 104 Å². The van der Waals surface area contributed by atoms with Crippen LogP contribution in [-0.2, 0) is 4.74 Å². The lowest BCUT2D eigenvalue weighted by Gasteiger charge is -2.41. The van der Waals surface area contributed by atoms with E-state index in [2.05, 4.69) is 20.8 Å². The quantitative estimate of drug-likeness (QED) is 0.697. The van der Waals surface area contributed by atoms with E-state index in [1.165, 1.54) is 0 Å². The minimum atomic E-state index is -1.10. The van der Waals surface area contributed by atoms with Crippen molar-refractivity contribution >= 4 is 0 Å². The third-order valence-electron chi connectivity index (χ3n) is 3.39. The van der Waals surface area contributed by atoms with E-state index in [0.717, 1.165) is 6.42 Å². The van der Waals surface area contributed by atoms with Crippen molar-refractivity contribution in [2.75, 3.05) is 0 Å². The maximum absolute atomic E-state index is 9.88. The summed E-state index contributed by atoms with van der Waals surface area (Å²) in [6, 6.07) is 0. The number of hydrogen-bond acceptors (Lipinski definition) is 4. The summed E-state index contributed by atoms with van der Waals surface area (Å²) in [5.41, 5.74) is 0.172. The predicted octanol–water partition coefficient (Wildman–Crippen LogP) is 1.07. The summed E-state index contributed by atoms with van der Waals surface area (Å²) in [6.07, 6.45) is -1.58. The summed E-state index contributed by atoms with van der Waals surface area (Å²) in [7, 11) is 0. The number of ether oxygens (including phenoxy) is 1. The first-order chi connectivity index (χ1) is 7.76. The van der Waals surface area contributed by atoms with Crippen molar-refractivity contribution in [1.29, 1.82) is 0 Å². The topological polar surface area (TPSA) is 69.9 Å². The van der Waals surface area contributed by atoms with Crippen molar-refractivity contribution in [2.24, 2.45) is 5.41 Å². The highest BCUT2D eigenvalue weighted by Gasteiger charge is 2.42. The van der Waals surface area contributed by atoms with Gasteiger partial charge in [0.05, 0.1) is 12.2 Å². The van der Waals surface area contributed by atoms with Gasteiger partial charge in [0.2, 0.25) is 0 Å². The molecular weight excluding hydrogens is 220 g/mol. The van der Waals surface area contributed by atoms with Gasteiger partial charge in [-0.1, -0.05) is 27.7 Å². The van der Waals surface area contributed by atoms with Crippen molar-refractivity contribution in [3.63, 3.8) is 0 Å². The second-order valence-electron chi connectivity index (χ2n) is 6.19. The lowest BCUT2D eigenvalue weighted by Crippen LogP contribution is -2.57. The molecule has 1 unspecified atom stereocenters. The standard InChI is InChI=1S/C13H26O4/c1-5-8-10(14)12(16)11(15)9(17-8)6-7-13(2,3)4/h8-12,14-16H,5-7H2,1-4H3/t8-,9?,10-,11+,12+/m1/s1. The Morgan fingerprint density at radius 2 is 1.47 bits per heavy atom. The van der Waals surface area contributed by atoms with Gasteiger partial charge in [0.1, 0.15) is 18.3 Å². The maximum Gasteiger partial charge on any atom is 0.111 e. The zero-order chi connectivity index (χ0) is 13.2. The van der Waals surface area contributed by atoms with Crippen LogP contribution in [0.1, 0.15) is 47.0 Å². The van der Waals surface area contributed by atoms with E-state index < -0.39 is 18.3 Å². The normalized spacial score (nSPS) is 39.4. The van der Waals surface area contributed by atoms with Gasteiger partial charge in [0, 0.05) is 0 Å². The van der Waals surface area contributed by atoms with Gasteiger partial charge >= 0.3 is 0 Å². The number of hydrogen-bond donors (Lipinski definition) is 3. The van der Waals surface area contributed by atoms with Crippen LogP contribution in [0.2, 0.25) is 0 Å². The van der Waals surface area contributed by atoms with Crippen molar-refractivity contribution in [3.05, 3.63) is 0 Å². The number of aliphatic hydroxyl groups excluding tert-OH is 3. The van der Waals surface area contributed by atoms with Crippen molar-refractivity contribution in [3.8, 4) is 0 Å². The molecule has 4 nitrogen and oxygen atoms in total. The largest absolute Gasteiger partial charge is 0.388 e. The van der Waals surface area contributed by atoms with Crippen LogP contribution >= 0.6 is 0 Å². The molecule has 1 aliphatic rings. The van der Waals surface area contributed by atoms with E-state index in [1.807, 2.05) is 6.92 Å². The molecule has 102 valence electrons. The van der Waals surface area contributed by atoms with E-state index >= 15 is 0 Å². The lowest BCUT2D eigenvalue weighted by atomic mass is 9.85. The molecule has 1 fully saturated rings. The molecule has 1 saturated heterocycles. The van der Waals surface area contributed by atoms with Gasteiger partial charge < -0.3 is 20.1 Å². The molecule has 1 rings (SSSR count). The Kier molecular flexibility index (Phi) is 4.95. The molecule has 17 heavy (non-hydrogen) atoms. The molecule has 1 aliphatic heterocycles. The van der Waals surface area contributed by atoms with Crippen LogP contribution in [0, 0.1) is 5.41 Å². The zero-order valence-corrected chi connectivity index (χ0v) is 11.3. The Balaban J connectivity index is 2.59. The van der Waals surface area contributed by atoms with Crippen LogP contribution in [0.15, 0.2) is 0 Å². The molecule has 0 aromatic heterocycles. The fourth-order valence-corrected chi connectivity index (χ4v) is 2.18. The summed E-state index contributed by atoms with van der Waals surface area (Å²) < 4.78 is 5.67. The minimum absolute atomic E-state index is 0.172. The predicted molar refractivity (Wildman–Crippen MR) is 65.7 cm³/mol. The Morgan fingerprint density at radius 3 is 1.94 bits per heavy atom. The Morgan fingerprint density at radius 1 is 0.941 bits per heavy atom. The molecule has 1 heterocycles. The Hall–Kier alpha value is -0.160. The molecule has 0 radical (unpaired) electrons. The van der Waals surface area contributed by atoms with Gasteiger partial charge in [0.25, 0.3) is 0 Å². The highest BCUT2D eigenvalue weighted by atomic mass is 16.5. The van der Waals surface area contributed by atoms with Gasteiger partial charge in [0.15, 0.2) is 0 Å². The summed E-state index contributed by atoms with van der Waals surface area (Å²) >= 11 is 0. The number of rotatable bonds is 3. The smallest absolute Gasteiger partial charge is 0.111 e. The lowest BCUT2D eigenvalue weighted by molar-refractivity contribution is -0.224. The molecule has 0 saturated carbocycles. The highest BCUT2D eigenvalue weighted by molar-refractivity contribution is 4.91.